The third-order valence-electron chi connectivity index (χ3n) is 7.99. The monoisotopic (exact) mass is 555 g/mol. The number of para-hydroxylation sites is 2. The SMILES string of the molecule is CNC(=O)Cn1c(=O)n(C2CCN(C3Cc4ccc(C#N)c5cccc3c45)CC2)c2ccccc21.O=C(O)C(=O)O. The second kappa shape index (κ2) is 11.3. The van der Waals surface area contributed by atoms with Crippen molar-refractivity contribution in [1.29, 1.82) is 5.26 Å². The molecule has 6 rings (SSSR count). The van der Waals surface area contributed by atoms with Crippen LogP contribution in [0.5, 0.6) is 0 Å². The molecule has 0 saturated carbocycles. The fraction of sp³-hybridized carbons (Fsp3) is 0.300. The molecule has 3 N–H and O–H groups in total. The summed E-state index contributed by atoms with van der Waals surface area (Å²) in [4.78, 5) is 46.2. The number of hydrogen-bond acceptors (Lipinski definition) is 6. The lowest BCUT2D eigenvalue weighted by atomic mass is 9.98. The summed E-state index contributed by atoms with van der Waals surface area (Å²) in [6, 6.07) is 20.8. The summed E-state index contributed by atoms with van der Waals surface area (Å²) in [5.74, 6) is -3.83. The summed E-state index contributed by atoms with van der Waals surface area (Å²) in [5, 5.41) is 29.2. The number of piperidine rings is 1. The summed E-state index contributed by atoms with van der Waals surface area (Å²) >= 11 is 0. The maximum absolute atomic E-state index is 13.4. The molecule has 1 unspecified atom stereocenters. The van der Waals surface area contributed by atoms with Gasteiger partial charge in [0, 0.05) is 37.6 Å². The van der Waals surface area contributed by atoms with E-state index in [0.29, 0.717) is 6.04 Å². The largest absolute Gasteiger partial charge is 0.473 e. The average Bonchev–Trinajstić information content (AvgIpc) is 3.49. The Morgan fingerprint density at radius 2 is 1.66 bits per heavy atom. The molecule has 2 heterocycles. The number of nitriles is 1. The minimum Gasteiger partial charge on any atom is -0.473 e. The van der Waals surface area contributed by atoms with Gasteiger partial charge >= 0.3 is 17.6 Å². The van der Waals surface area contributed by atoms with Crippen LogP contribution in [0.25, 0.3) is 21.8 Å². The molecule has 0 spiro atoms. The summed E-state index contributed by atoms with van der Waals surface area (Å²) in [7, 11) is 1.59. The van der Waals surface area contributed by atoms with Crippen LogP contribution in [0.2, 0.25) is 0 Å². The van der Waals surface area contributed by atoms with E-state index in [1.165, 1.54) is 16.5 Å². The second-order valence-electron chi connectivity index (χ2n) is 10.2. The number of rotatable bonds is 4. The number of carboxylic acid groups (broad SMARTS) is 2. The smallest absolute Gasteiger partial charge is 0.414 e. The van der Waals surface area contributed by atoms with Gasteiger partial charge in [-0.3, -0.25) is 18.8 Å². The number of carbonyl (C=O) groups is 3. The van der Waals surface area contributed by atoms with Crippen LogP contribution in [0.1, 0.15) is 41.6 Å². The molecule has 1 fully saturated rings. The molecular weight excluding hydrogens is 526 g/mol. The highest BCUT2D eigenvalue weighted by molar-refractivity contribution is 6.27. The lowest BCUT2D eigenvalue weighted by Gasteiger charge is -2.36. The third kappa shape index (κ3) is 5.05. The Bertz CT molecular complexity index is 1760. The molecular formula is C30H29N5O6. The Morgan fingerprint density at radius 3 is 2.29 bits per heavy atom. The first kappa shape index (κ1) is 27.6. The van der Waals surface area contributed by atoms with Crippen molar-refractivity contribution in [3.05, 3.63) is 81.8 Å². The first-order valence-corrected chi connectivity index (χ1v) is 13.3. The van der Waals surface area contributed by atoms with Crippen molar-refractivity contribution >= 4 is 39.7 Å². The van der Waals surface area contributed by atoms with Gasteiger partial charge < -0.3 is 15.5 Å². The van der Waals surface area contributed by atoms with E-state index in [2.05, 4.69) is 40.6 Å². The number of likely N-dealkylation sites (N-methyl/N-ethyl adjacent to an activating group) is 1. The molecule has 2 aliphatic rings. The molecule has 1 amide bonds. The Kier molecular flexibility index (Phi) is 7.59. The van der Waals surface area contributed by atoms with Crippen molar-refractivity contribution in [1.82, 2.24) is 19.4 Å². The van der Waals surface area contributed by atoms with E-state index in [4.69, 9.17) is 19.8 Å². The van der Waals surface area contributed by atoms with E-state index < -0.39 is 11.9 Å². The Balaban J connectivity index is 0.000000511. The van der Waals surface area contributed by atoms with Crippen LogP contribution in [0.15, 0.2) is 59.4 Å². The van der Waals surface area contributed by atoms with Crippen LogP contribution in [0.4, 0.5) is 0 Å². The first-order chi connectivity index (χ1) is 19.7. The number of fused-ring (bicyclic) bond motifs is 1. The molecule has 41 heavy (non-hydrogen) atoms. The Hall–Kier alpha value is -4.95. The molecule has 1 atom stereocenters. The number of carbonyl (C=O) groups excluding carboxylic acids is 1. The van der Waals surface area contributed by atoms with Crippen LogP contribution in [-0.4, -0.2) is 62.2 Å². The number of carboxylic acids is 2. The number of amides is 1. The molecule has 11 heteroatoms. The normalized spacial score (nSPS) is 16.6. The van der Waals surface area contributed by atoms with E-state index in [1.54, 1.807) is 11.6 Å². The highest BCUT2D eigenvalue weighted by Crippen LogP contribution is 2.42. The van der Waals surface area contributed by atoms with Crippen molar-refractivity contribution in [2.24, 2.45) is 0 Å². The number of benzene rings is 3. The lowest BCUT2D eigenvalue weighted by molar-refractivity contribution is -0.159. The zero-order valence-corrected chi connectivity index (χ0v) is 22.4. The summed E-state index contributed by atoms with van der Waals surface area (Å²) in [5.41, 5.74) is 4.94. The van der Waals surface area contributed by atoms with Gasteiger partial charge in [0.2, 0.25) is 5.91 Å². The van der Waals surface area contributed by atoms with Crippen molar-refractivity contribution in [2.45, 2.75) is 37.9 Å². The molecule has 3 aromatic carbocycles. The Morgan fingerprint density at radius 1 is 0.976 bits per heavy atom. The molecule has 1 aliphatic carbocycles. The topological polar surface area (TPSA) is 158 Å². The van der Waals surface area contributed by atoms with Crippen LogP contribution in [0.3, 0.4) is 0 Å². The third-order valence-corrected chi connectivity index (χ3v) is 7.99. The summed E-state index contributed by atoms with van der Waals surface area (Å²) in [6.07, 6.45) is 2.71. The molecule has 11 nitrogen and oxygen atoms in total. The molecule has 1 saturated heterocycles. The van der Waals surface area contributed by atoms with E-state index in [1.807, 2.05) is 34.9 Å². The summed E-state index contributed by atoms with van der Waals surface area (Å²) < 4.78 is 3.49. The lowest BCUT2D eigenvalue weighted by Crippen LogP contribution is -2.40. The minimum atomic E-state index is -1.82. The van der Waals surface area contributed by atoms with Crippen LogP contribution in [-0.2, 0) is 27.3 Å². The van der Waals surface area contributed by atoms with E-state index in [-0.39, 0.29) is 24.2 Å². The predicted molar refractivity (Wildman–Crippen MR) is 150 cm³/mol. The minimum absolute atomic E-state index is 0.0245. The maximum atomic E-state index is 13.4. The molecule has 0 bridgehead atoms. The standard InChI is InChI=1S/C28H27N5O2.C2H2O4/c1-30-26(34)17-32-23-7-2-3-8-24(23)33(28(32)35)20-11-13-31(14-12-20)25-15-18-9-10-19(16-29)21-5-4-6-22(25)27(18)21;3-1(4)2(5)6/h2-10,20,25H,11-15,17H2,1H3,(H,30,34);(H,3,4)(H,5,6). The second-order valence-corrected chi connectivity index (χ2v) is 10.2. The Labute approximate surface area is 234 Å². The number of nitrogens with one attached hydrogen (secondary N) is 1. The first-order valence-electron chi connectivity index (χ1n) is 13.3. The van der Waals surface area contributed by atoms with Gasteiger partial charge in [0.1, 0.15) is 6.54 Å². The van der Waals surface area contributed by atoms with Gasteiger partial charge in [0.15, 0.2) is 0 Å². The quantitative estimate of drug-likeness (QED) is 0.324. The zero-order chi connectivity index (χ0) is 29.3. The van der Waals surface area contributed by atoms with E-state index >= 15 is 0 Å². The predicted octanol–water partition coefficient (Wildman–Crippen LogP) is 2.66. The molecule has 4 aromatic rings. The molecule has 0 radical (unpaired) electrons. The van der Waals surface area contributed by atoms with Gasteiger partial charge in [-0.05, 0) is 54.0 Å². The van der Waals surface area contributed by atoms with Gasteiger partial charge in [0.05, 0.1) is 22.7 Å². The van der Waals surface area contributed by atoms with Gasteiger partial charge in [-0.25, -0.2) is 14.4 Å². The number of nitrogens with zero attached hydrogens (tertiary/aromatic N) is 4. The fourth-order valence-corrected chi connectivity index (χ4v) is 6.12. The number of imidazole rings is 1. The van der Waals surface area contributed by atoms with Crippen LogP contribution >= 0.6 is 0 Å². The van der Waals surface area contributed by atoms with Crippen molar-refractivity contribution in [2.75, 3.05) is 20.1 Å². The highest BCUT2D eigenvalue weighted by atomic mass is 16.4. The molecule has 1 aliphatic heterocycles. The van der Waals surface area contributed by atoms with Gasteiger partial charge in [-0.15, -0.1) is 0 Å². The highest BCUT2D eigenvalue weighted by Gasteiger charge is 2.33. The van der Waals surface area contributed by atoms with Crippen molar-refractivity contribution in [3.63, 3.8) is 0 Å². The summed E-state index contributed by atoms with van der Waals surface area (Å²) in [6.45, 7) is 1.81. The molecule has 1 aromatic heterocycles. The fourth-order valence-electron chi connectivity index (χ4n) is 6.12. The number of aliphatic carboxylic acids is 2. The molecule has 210 valence electrons. The maximum Gasteiger partial charge on any atom is 0.414 e. The van der Waals surface area contributed by atoms with Crippen molar-refractivity contribution < 1.29 is 24.6 Å². The van der Waals surface area contributed by atoms with Crippen molar-refractivity contribution in [3.8, 4) is 6.07 Å². The number of likely N-dealkylation sites (tertiary alicyclic amines) is 1. The van der Waals surface area contributed by atoms with Gasteiger partial charge in [-0.1, -0.05) is 36.4 Å². The van der Waals surface area contributed by atoms with E-state index in [0.717, 1.165) is 54.3 Å². The van der Waals surface area contributed by atoms with Crippen LogP contribution in [0, 0.1) is 11.3 Å². The average molecular weight is 556 g/mol. The number of hydrogen-bond donors (Lipinski definition) is 3. The van der Waals surface area contributed by atoms with Gasteiger partial charge in [0.25, 0.3) is 0 Å². The van der Waals surface area contributed by atoms with Gasteiger partial charge in [-0.2, -0.15) is 5.26 Å². The van der Waals surface area contributed by atoms with E-state index in [9.17, 15) is 14.9 Å². The van der Waals surface area contributed by atoms with Crippen LogP contribution < -0.4 is 11.0 Å². The zero-order valence-electron chi connectivity index (χ0n) is 22.4. The number of aromatic nitrogens is 2.